The van der Waals surface area contributed by atoms with Crippen LogP contribution in [0.25, 0.3) is 0 Å². The topological polar surface area (TPSA) is 20.3 Å². The van der Waals surface area contributed by atoms with E-state index in [2.05, 4.69) is 49.1 Å². The third kappa shape index (κ3) is 2.67. The number of piperidine rings is 1. The average molecular weight is 271 g/mol. The monoisotopic (exact) mass is 271 g/mol. The van der Waals surface area contributed by atoms with Crippen molar-refractivity contribution in [3.05, 3.63) is 35.9 Å². The molecule has 2 bridgehead atoms. The van der Waals surface area contributed by atoms with Crippen molar-refractivity contribution in [2.24, 2.45) is 0 Å². The van der Waals surface area contributed by atoms with Crippen LogP contribution in [0.2, 0.25) is 0 Å². The molecule has 2 aliphatic heterocycles. The molecule has 2 atom stereocenters. The summed E-state index contributed by atoms with van der Waals surface area (Å²) in [6.45, 7) is 4.72. The van der Waals surface area contributed by atoms with Crippen LogP contribution in [0, 0.1) is 0 Å². The largest absolute Gasteiger partial charge is 0.300 e. The molecule has 108 valence electrons. The van der Waals surface area contributed by atoms with Crippen molar-refractivity contribution in [2.75, 3.05) is 0 Å². The molecule has 1 aromatic rings. The zero-order valence-electron chi connectivity index (χ0n) is 12.6. The van der Waals surface area contributed by atoms with E-state index in [1.54, 1.807) is 0 Å². The fourth-order valence-electron chi connectivity index (χ4n) is 4.18. The Kier molecular flexibility index (Phi) is 3.68. The van der Waals surface area contributed by atoms with E-state index in [-0.39, 0.29) is 5.54 Å². The number of hydrogen-bond acceptors (Lipinski definition) is 2. The van der Waals surface area contributed by atoms with Gasteiger partial charge in [0.1, 0.15) is 5.78 Å². The maximum Gasteiger partial charge on any atom is 0.136 e. The normalized spacial score (nSPS) is 27.0. The SMILES string of the molecule is CC(C)(CCc1ccccc1)N1C2CCC1CC(=O)C2. The molecule has 1 aromatic carbocycles. The summed E-state index contributed by atoms with van der Waals surface area (Å²) in [6.07, 6.45) is 6.28. The van der Waals surface area contributed by atoms with Gasteiger partial charge in [-0.2, -0.15) is 0 Å². The van der Waals surface area contributed by atoms with Crippen LogP contribution in [0.15, 0.2) is 30.3 Å². The molecule has 0 aliphatic carbocycles. The van der Waals surface area contributed by atoms with Gasteiger partial charge in [-0.05, 0) is 45.1 Å². The second-order valence-electron chi connectivity index (χ2n) is 7.04. The average Bonchev–Trinajstić information content (AvgIpc) is 2.72. The third-order valence-corrected chi connectivity index (χ3v) is 5.11. The number of ketones is 1. The molecule has 2 fully saturated rings. The quantitative estimate of drug-likeness (QED) is 0.834. The van der Waals surface area contributed by atoms with Crippen LogP contribution in [0.4, 0.5) is 0 Å². The Morgan fingerprint density at radius 1 is 1.10 bits per heavy atom. The number of fused-ring (bicyclic) bond motifs is 2. The summed E-state index contributed by atoms with van der Waals surface area (Å²) < 4.78 is 0. The lowest BCUT2D eigenvalue weighted by atomic mass is 9.88. The van der Waals surface area contributed by atoms with Crippen LogP contribution in [-0.2, 0) is 11.2 Å². The highest BCUT2D eigenvalue weighted by atomic mass is 16.1. The van der Waals surface area contributed by atoms with Crippen LogP contribution in [-0.4, -0.2) is 28.3 Å². The van der Waals surface area contributed by atoms with E-state index in [4.69, 9.17) is 0 Å². The molecule has 0 N–H and O–H groups in total. The predicted octanol–water partition coefficient (Wildman–Crippen LogP) is 3.59. The summed E-state index contributed by atoms with van der Waals surface area (Å²) in [6, 6.07) is 11.7. The molecule has 0 amide bonds. The maximum absolute atomic E-state index is 11.7. The van der Waals surface area contributed by atoms with E-state index < -0.39 is 0 Å². The smallest absolute Gasteiger partial charge is 0.136 e. The third-order valence-electron chi connectivity index (χ3n) is 5.11. The number of hydrogen-bond donors (Lipinski definition) is 0. The number of rotatable bonds is 4. The van der Waals surface area contributed by atoms with Crippen LogP contribution < -0.4 is 0 Å². The fraction of sp³-hybridized carbons (Fsp3) is 0.611. The van der Waals surface area contributed by atoms with E-state index in [9.17, 15) is 4.79 Å². The molecule has 0 saturated carbocycles. The fourth-order valence-corrected chi connectivity index (χ4v) is 4.18. The van der Waals surface area contributed by atoms with Crippen molar-refractivity contribution in [3.8, 4) is 0 Å². The summed E-state index contributed by atoms with van der Waals surface area (Å²) in [7, 11) is 0. The Morgan fingerprint density at radius 2 is 1.70 bits per heavy atom. The summed E-state index contributed by atoms with van der Waals surface area (Å²) >= 11 is 0. The zero-order valence-corrected chi connectivity index (χ0v) is 12.6. The minimum atomic E-state index is 0.197. The van der Waals surface area contributed by atoms with Gasteiger partial charge < -0.3 is 0 Å². The van der Waals surface area contributed by atoms with E-state index in [1.807, 2.05) is 0 Å². The Balaban J connectivity index is 1.68. The number of Topliss-reactive ketones (excluding diaryl/α,β-unsaturated/α-hetero) is 1. The lowest BCUT2D eigenvalue weighted by molar-refractivity contribution is -0.125. The van der Waals surface area contributed by atoms with E-state index in [1.165, 1.54) is 18.4 Å². The molecule has 2 saturated heterocycles. The second-order valence-corrected chi connectivity index (χ2v) is 7.04. The van der Waals surface area contributed by atoms with Crippen LogP contribution in [0.3, 0.4) is 0 Å². The van der Waals surface area contributed by atoms with Crippen LogP contribution in [0.1, 0.15) is 51.5 Å². The van der Waals surface area contributed by atoms with Gasteiger partial charge in [0.15, 0.2) is 0 Å². The van der Waals surface area contributed by atoms with Gasteiger partial charge >= 0.3 is 0 Å². The molecule has 0 radical (unpaired) electrons. The highest BCUT2D eigenvalue weighted by Crippen LogP contribution is 2.40. The van der Waals surface area contributed by atoms with Crippen molar-refractivity contribution < 1.29 is 4.79 Å². The van der Waals surface area contributed by atoms with Crippen LogP contribution in [0.5, 0.6) is 0 Å². The highest BCUT2D eigenvalue weighted by molar-refractivity contribution is 5.81. The molecule has 0 aromatic heterocycles. The molecule has 0 spiro atoms. The van der Waals surface area contributed by atoms with Crippen LogP contribution >= 0.6 is 0 Å². The van der Waals surface area contributed by atoms with Crippen molar-refractivity contribution in [2.45, 2.75) is 70.0 Å². The van der Waals surface area contributed by atoms with Gasteiger partial charge in [-0.15, -0.1) is 0 Å². The zero-order chi connectivity index (χ0) is 14.2. The van der Waals surface area contributed by atoms with Gasteiger partial charge in [0.25, 0.3) is 0 Å². The lowest BCUT2D eigenvalue weighted by Gasteiger charge is -2.46. The van der Waals surface area contributed by atoms with Gasteiger partial charge in [0.2, 0.25) is 0 Å². The van der Waals surface area contributed by atoms with E-state index in [0.29, 0.717) is 17.9 Å². The molecular formula is C18H25NO. The number of benzene rings is 1. The molecule has 2 unspecified atom stereocenters. The Bertz CT molecular complexity index is 463. The van der Waals surface area contributed by atoms with E-state index >= 15 is 0 Å². The molecule has 2 nitrogen and oxygen atoms in total. The molecular weight excluding hydrogens is 246 g/mol. The highest BCUT2D eigenvalue weighted by Gasteiger charge is 2.46. The lowest BCUT2D eigenvalue weighted by Crippen LogP contribution is -2.54. The Morgan fingerprint density at radius 3 is 2.30 bits per heavy atom. The summed E-state index contributed by atoms with van der Waals surface area (Å²) in [5, 5.41) is 0. The minimum Gasteiger partial charge on any atom is -0.300 e. The first-order valence-corrected chi connectivity index (χ1v) is 7.90. The first kappa shape index (κ1) is 13.8. The first-order chi connectivity index (χ1) is 9.56. The number of carbonyl (C=O) groups is 1. The number of nitrogens with zero attached hydrogens (tertiary/aromatic N) is 1. The van der Waals surface area contributed by atoms with Gasteiger partial charge in [-0.3, -0.25) is 9.69 Å². The molecule has 2 aliphatic rings. The number of aryl methyl sites for hydroxylation is 1. The predicted molar refractivity (Wildman–Crippen MR) is 81.7 cm³/mol. The van der Waals surface area contributed by atoms with Crippen molar-refractivity contribution >= 4 is 5.78 Å². The van der Waals surface area contributed by atoms with Gasteiger partial charge in [-0.25, -0.2) is 0 Å². The first-order valence-electron chi connectivity index (χ1n) is 7.90. The second kappa shape index (κ2) is 5.33. The minimum absolute atomic E-state index is 0.197. The van der Waals surface area contributed by atoms with Gasteiger partial charge in [0.05, 0.1) is 0 Å². The Hall–Kier alpha value is -1.15. The Labute approximate surface area is 122 Å². The summed E-state index contributed by atoms with van der Waals surface area (Å²) in [4.78, 5) is 14.4. The van der Waals surface area contributed by atoms with E-state index in [0.717, 1.165) is 25.7 Å². The maximum atomic E-state index is 11.7. The molecule has 2 heterocycles. The van der Waals surface area contributed by atoms with Gasteiger partial charge in [-0.1, -0.05) is 30.3 Å². The van der Waals surface area contributed by atoms with Gasteiger partial charge in [0, 0.05) is 30.5 Å². The molecule has 3 rings (SSSR count). The number of carbonyl (C=O) groups excluding carboxylic acids is 1. The molecule has 2 heteroatoms. The van der Waals surface area contributed by atoms with Crippen molar-refractivity contribution in [3.63, 3.8) is 0 Å². The summed E-state index contributed by atoms with van der Waals surface area (Å²) in [5.41, 5.74) is 1.61. The molecule has 20 heavy (non-hydrogen) atoms. The van der Waals surface area contributed by atoms with Crippen molar-refractivity contribution in [1.29, 1.82) is 0 Å². The van der Waals surface area contributed by atoms with Crippen molar-refractivity contribution in [1.82, 2.24) is 4.90 Å². The standard InChI is InChI=1S/C18H25NO/c1-18(2,11-10-14-6-4-3-5-7-14)19-15-8-9-16(19)13-17(20)12-15/h3-7,15-16H,8-13H2,1-2H3. The summed E-state index contributed by atoms with van der Waals surface area (Å²) in [5.74, 6) is 0.479.